The lowest BCUT2D eigenvalue weighted by molar-refractivity contribution is -0.161. The van der Waals surface area contributed by atoms with Crippen molar-refractivity contribution in [2.45, 2.75) is 399 Å². The summed E-state index contributed by atoms with van der Waals surface area (Å²) in [7, 11) is -9.82. The summed E-state index contributed by atoms with van der Waals surface area (Å²) in [5, 5.41) is 20.7. The molecule has 0 rings (SSSR count). The highest BCUT2D eigenvalue weighted by molar-refractivity contribution is 7.47. The molecule has 0 heterocycles. The first kappa shape index (κ1) is 112. The molecule has 0 aromatic carbocycles. The van der Waals surface area contributed by atoms with Crippen LogP contribution in [0.15, 0.2) is 170 Å². The minimum atomic E-state index is -4.95. The van der Waals surface area contributed by atoms with Crippen molar-refractivity contribution in [3.05, 3.63) is 170 Å². The Labute approximate surface area is 713 Å². The van der Waals surface area contributed by atoms with Gasteiger partial charge in [-0.05, 0) is 161 Å². The van der Waals surface area contributed by atoms with Crippen LogP contribution in [0, 0.1) is 0 Å². The lowest BCUT2D eigenvalue weighted by Gasteiger charge is -2.21. The van der Waals surface area contributed by atoms with Crippen LogP contribution in [0.4, 0.5) is 0 Å². The molecule has 0 spiro atoms. The summed E-state index contributed by atoms with van der Waals surface area (Å²) in [6.45, 7) is 2.52. The zero-order chi connectivity index (χ0) is 85.1. The number of rotatable bonds is 87. The number of phosphoric ester groups is 2. The number of carbonyl (C=O) groups excluding carboxylic acids is 3. The van der Waals surface area contributed by atoms with Gasteiger partial charge in [0, 0.05) is 19.3 Å². The van der Waals surface area contributed by atoms with Gasteiger partial charge in [-0.15, -0.1) is 0 Å². The van der Waals surface area contributed by atoms with Gasteiger partial charge >= 0.3 is 33.6 Å². The zero-order valence-corrected chi connectivity index (χ0v) is 75.6. The Morgan fingerprint density at radius 1 is 0.248 bits per heavy atom. The monoisotopic (exact) mass is 1680 g/mol. The second-order valence-electron chi connectivity index (χ2n) is 30.7. The molecule has 0 aliphatic carbocycles. The summed E-state index contributed by atoms with van der Waals surface area (Å²) in [4.78, 5) is 59.0. The highest BCUT2D eigenvalue weighted by Gasteiger charge is 2.29. The van der Waals surface area contributed by atoms with E-state index in [0.717, 1.165) is 167 Å². The number of aliphatic hydroxyl groups excluding tert-OH is 2. The smallest absolute Gasteiger partial charge is 0.463 e. The highest BCUT2D eigenvalue weighted by Crippen LogP contribution is 2.45. The fourth-order valence-electron chi connectivity index (χ4n) is 12.4. The molecule has 0 bridgehead atoms. The van der Waals surface area contributed by atoms with Crippen LogP contribution < -0.4 is 0 Å². The summed E-state index contributed by atoms with van der Waals surface area (Å²) in [5.74, 6) is -1.60. The second-order valence-corrected chi connectivity index (χ2v) is 33.6. The molecule has 18 heteroatoms. The number of unbranched alkanes of at least 4 members (excludes halogenated alkanes) is 36. The normalized spacial score (nSPS) is 14.6. The van der Waals surface area contributed by atoms with Crippen LogP contribution in [0.5, 0.6) is 0 Å². The van der Waals surface area contributed by atoms with E-state index in [0.29, 0.717) is 19.3 Å². The molecule has 4 N–H and O–H groups in total. The van der Waals surface area contributed by atoms with Crippen LogP contribution in [0.3, 0.4) is 0 Å². The third-order valence-corrected chi connectivity index (χ3v) is 21.3. The lowest BCUT2D eigenvalue weighted by Crippen LogP contribution is -2.30. The van der Waals surface area contributed by atoms with Crippen molar-refractivity contribution < 1.29 is 75.8 Å². The van der Waals surface area contributed by atoms with E-state index in [1.807, 2.05) is 0 Å². The third kappa shape index (κ3) is 91.5. The summed E-state index contributed by atoms with van der Waals surface area (Å²) in [6, 6.07) is 0. The standard InChI is InChI=1S/C99H168O16P2/c1-4-7-10-13-16-19-22-25-28-31-34-37-39-41-43-45-46-48-50-51-53-56-58-61-64-67-70-73-76-79-82-85-97(102)109-88-94(100)89-111-116(105,106)112-90-95(101)91-113-117(107,108)114-93-96(115-99(104)87-84-81-78-75-72-69-66-63-60-55-36-33-30-27-24-21-18-15-12-9-6-3)92-110-98(103)86-83-80-77-74-71-68-65-62-59-57-54-52-49-47-44-42-40-38-35-32-29-26-23-20-17-14-11-8-5-2/h8,11,16-21,25-30,34-38,41-44,49,52,55,63,66,94-96,100-101H,4-7,9-10,12-15,22-24,31-33,39-40,45-48,50-51,53-54,56-62,64-65,67-93H2,1-3H3,(H,105,106)(H,107,108)/b11-8-,19-16-,20-17-,21-18-,28-25-,29-26-,30-27-,37-34-,38-35-,43-41-,44-42-,52-49-,55-36-,66-63-. The SMILES string of the molecule is CC/C=C\C/C=C\C/C=C\C/C=C\C/C=C\C/C=C\CCCCCCCCCCCCC(=O)OCC(COP(=O)(O)OCC(O)COP(=O)(O)OCC(O)COC(=O)CCCCCCCCCCCCCCCCC/C=C\C/C=C\C/C=C\C/C=C\CCCCC)OC(=O)CCCCCCC/C=C\C/C=C\C/C=C\C/C=C\CCCCC. The topological polar surface area (TPSA) is 231 Å². The summed E-state index contributed by atoms with van der Waals surface area (Å²) in [6.07, 6.45) is 117. The first-order chi connectivity index (χ1) is 57.2. The first-order valence-corrected chi connectivity index (χ1v) is 49.4. The van der Waals surface area contributed by atoms with Gasteiger partial charge in [0.2, 0.25) is 0 Å². The van der Waals surface area contributed by atoms with Gasteiger partial charge in [-0.3, -0.25) is 32.5 Å². The van der Waals surface area contributed by atoms with Gasteiger partial charge in [-0.25, -0.2) is 9.13 Å². The Balaban J connectivity index is 4.62. The van der Waals surface area contributed by atoms with Crippen molar-refractivity contribution in [1.29, 1.82) is 0 Å². The van der Waals surface area contributed by atoms with Gasteiger partial charge in [-0.1, -0.05) is 371 Å². The van der Waals surface area contributed by atoms with Crippen LogP contribution in [0.1, 0.15) is 380 Å². The molecule has 0 aromatic heterocycles. The predicted octanol–water partition coefficient (Wildman–Crippen LogP) is 28.7. The average molecular weight is 1680 g/mol. The number of esters is 3. The van der Waals surface area contributed by atoms with Gasteiger partial charge in [0.25, 0.3) is 0 Å². The van der Waals surface area contributed by atoms with Crippen molar-refractivity contribution in [2.75, 3.05) is 39.6 Å². The fraction of sp³-hybridized carbons (Fsp3) is 0.687. The summed E-state index contributed by atoms with van der Waals surface area (Å²) >= 11 is 0. The molecular weight excluding hydrogens is 1510 g/mol. The first-order valence-electron chi connectivity index (χ1n) is 46.4. The lowest BCUT2D eigenvalue weighted by atomic mass is 10.0. The molecule has 0 aliphatic rings. The van der Waals surface area contributed by atoms with Crippen LogP contribution in [0.25, 0.3) is 0 Å². The highest BCUT2D eigenvalue weighted by atomic mass is 31.2. The molecule has 0 saturated heterocycles. The number of aliphatic hydroxyl groups is 2. The minimum absolute atomic E-state index is 0.0779. The van der Waals surface area contributed by atoms with E-state index in [4.69, 9.17) is 32.3 Å². The Morgan fingerprint density at radius 3 is 0.718 bits per heavy atom. The number of hydrogen-bond acceptors (Lipinski definition) is 14. The maximum atomic E-state index is 13.1. The maximum absolute atomic E-state index is 13.1. The molecule has 0 saturated carbocycles. The number of allylic oxidation sites excluding steroid dienone is 28. The van der Waals surface area contributed by atoms with Crippen LogP contribution in [-0.2, 0) is 55.8 Å². The van der Waals surface area contributed by atoms with E-state index < -0.39 is 91.5 Å². The van der Waals surface area contributed by atoms with Crippen LogP contribution in [-0.4, -0.2) is 95.9 Å². The average Bonchev–Trinajstić information content (AvgIpc) is 0.900. The van der Waals surface area contributed by atoms with Crippen molar-refractivity contribution >= 4 is 33.6 Å². The molecule has 0 aliphatic heterocycles. The quantitative estimate of drug-likeness (QED) is 0.0146. The summed E-state index contributed by atoms with van der Waals surface area (Å²) in [5.41, 5.74) is 0. The van der Waals surface area contributed by atoms with E-state index in [9.17, 15) is 43.5 Å². The largest absolute Gasteiger partial charge is 0.472 e. The van der Waals surface area contributed by atoms with E-state index in [1.165, 1.54) is 154 Å². The van der Waals surface area contributed by atoms with Crippen molar-refractivity contribution in [1.82, 2.24) is 0 Å². The van der Waals surface area contributed by atoms with Gasteiger partial charge in [-0.2, -0.15) is 0 Å². The Bertz CT molecular complexity index is 2810. The van der Waals surface area contributed by atoms with Gasteiger partial charge in [0.05, 0.1) is 26.4 Å². The number of ether oxygens (including phenoxy) is 3. The minimum Gasteiger partial charge on any atom is -0.463 e. The van der Waals surface area contributed by atoms with E-state index in [2.05, 4.69) is 191 Å². The van der Waals surface area contributed by atoms with E-state index in [-0.39, 0.29) is 19.3 Å². The number of phosphoric acid groups is 2. The van der Waals surface area contributed by atoms with Crippen molar-refractivity contribution in [3.8, 4) is 0 Å². The molecule has 0 aromatic rings. The van der Waals surface area contributed by atoms with Crippen molar-refractivity contribution in [2.24, 2.45) is 0 Å². The zero-order valence-electron chi connectivity index (χ0n) is 73.8. The summed E-state index contributed by atoms with van der Waals surface area (Å²) < 4.78 is 61.5. The molecular formula is C99H168O16P2. The van der Waals surface area contributed by atoms with Crippen LogP contribution >= 0.6 is 15.6 Å². The second kappa shape index (κ2) is 90.2. The van der Waals surface area contributed by atoms with Gasteiger partial charge < -0.3 is 34.2 Å². The Hall–Kier alpha value is -5.09. The molecule has 16 nitrogen and oxygen atoms in total. The molecule has 0 fully saturated rings. The van der Waals surface area contributed by atoms with Gasteiger partial charge in [0.1, 0.15) is 25.4 Å². The molecule has 5 atom stereocenters. The molecule has 0 amide bonds. The Morgan fingerprint density at radius 2 is 0.453 bits per heavy atom. The number of carbonyl (C=O) groups is 3. The Kier molecular flexibility index (Phi) is 86.2. The third-order valence-electron chi connectivity index (χ3n) is 19.4. The van der Waals surface area contributed by atoms with Crippen LogP contribution in [0.2, 0.25) is 0 Å². The predicted molar refractivity (Wildman–Crippen MR) is 491 cm³/mol. The maximum Gasteiger partial charge on any atom is 0.472 e. The number of hydrogen-bond donors (Lipinski definition) is 4. The molecule has 670 valence electrons. The fourth-order valence-corrected chi connectivity index (χ4v) is 14.0. The van der Waals surface area contributed by atoms with Gasteiger partial charge in [0.15, 0.2) is 6.10 Å². The van der Waals surface area contributed by atoms with E-state index >= 15 is 0 Å². The molecule has 5 unspecified atom stereocenters. The van der Waals surface area contributed by atoms with E-state index in [1.54, 1.807) is 0 Å². The van der Waals surface area contributed by atoms with Crippen molar-refractivity contribution in [3.63, 3.8) is 0 Å². The molecule has 0 radical (unpaired) electrons. The molecule has 117 heavy (non-hydrogen) atoms.